The SMILES string of the molecule is CC(C)(C)CC(C)(C)NC(=O)c1ccc(OC(=O)N2CCC(Sc3ncc[nH]3)CC2)cc1. The zero-order valence-corrected chi connectivity index (χ0v) is 20.4. The molecule has 0 radical (unpaired) electrons. The molecule has 3 rings (SSSR count). The van der Waals surface area contributed by atoms with Gasteiger partial charge in [-0.05, 0) is 62.8 Å². The van der Waals surface area contributed by atoms with Crippen molar-refractivity contribution in [1.82, 2.24) is 20.2 Å². The lowest BCUT2D eigenvalue weighted by atomic mass is 9.81. The number of hydrogen-bond acceptors (Lipinski definition) is 5. The maximum absolute atomic E-state index is 12.6. The van der Waals surface area contributed by atoms with Gasteiger partial charge in [0, 0.05) is 41.8 Å². The van der Waals surface area contributed by atoms with E-state index in [-0.39, 0.29) is 23.0 Å². The Morgan fingerprint density at radius 2 is 1.81 bits per heavy atom. The Morgan fingerprint density at radius 1 is 1.16 bits per heavy atom. The number of aromatic nitrogens is 2. The molecule has 1 aromatic heterocycles. The molecule has 0 saturated carbocycles. The van der Waals surface area contributed by atoms with E-state index in [0.717, 1.165) is 24.4 Å². The number of nitrogens with one attached hydrogen (secondary N) is 2. The number of imidazole rings is 1. The van der Waals surface area contributed by atoms with Crippen molar-refractivity contribution < 1.29 is 14.3 Å². The zero-order chi connectivity index (χ0) is 23.4. The van der Waals surface area contributed by atoms with Crippen molar-refractivity contribution >= 4 is 23.8 Å². The van der Waals surface area contributed by atoms with Crippen molar-refractivity contribution in [1.29, 1.82) is 0 Å². The van der Waals surface area contributed by atoms with Crippen LogP contribution in [0.4, 0.5) is 4.79 Å². The summed E-state index contributed by atoms with van der Waals surface area (Å²) in [6, 6.07) is 6.72. The van der Waals surface area contributed by atoms with Crippen LogP contribution in [0.3, 0.4) is 0 Å². The van der Waals surface area contributed by atoms with Crippen LogP contribution < -0.4 is 10.1 Å². The first kappa shape index (κ1) is 24.2. The summed E-state index contributed by atoms with van der Waals surface area (Å²) < 4.78 is 5.53. The highest BCUT2D eigenvalue weighted by Crippen LogP contribution is 2.29. The van der Waals surface area contributed by atoms with E-state index in [4.69, 9.17) is 4.74 Å². The van der Waals surface area contributed by atoms with E-state index in [0.29, 0.717) is 29.7 Å². The quantitative estimate of drug-likeness (QED) is 0.628. The summed E-state index contributed by atoms with van der Waals surface area (Å²) in [5, 5.41) is 4.45. The Balaban J connectivity index is 1.48. The van der Waals surface area contributed by atoms with Gasteiger partial charge in [0.15, 0.2) is 5.16 Å². The Bertz CT molecular complexity index is 896. The predicted octanol–water partition coefficient (Wildman–Crippen LogP) is 5.11. The van der Waals surface area contributed by atoms with Gasteiger partial charge in [0.25, 0.3) is 5.91 Å². The third-order valence-electron chi connectivity index (χ3n) is 5.20. The van der Waals surface area contributed by atoms with Crippen LogP contribution in [-0.4, -0.2) is 50.7 Å². The summed E-state index contributed by atoms with van der Waals surface area (Å²) in [6.45, 7) is 11.8. The monoisotopic (exact) mass is 458 g/mol. The van der Waals surface area contributed by atoms with Crippen molar-refractivity contribution in [3.8, 4) is 5.75 Å². The second-order valence-corrected chi connectivity index (χ2v) is 11.5. The van der Waals surface area contributed by atoms with Gasteiger partial charge in [0.2, 0.25) is 0 Å². The van der Waals surface area contributed by atoms with E-state index >= 15 is 0 Å². The van der Waals surface area contributed by atoms with Crippen LogP contribution in [0, 0.1) is 5.41 Å². The molecular weight excluding hydrogens is 424 g/mol. The number of ether oxygens (including phenoxy) is 1. The van der Waals surface area contributed by atoms with Gasteiger partial charge >= 0.3 is 6.09 Å². The normalized spacial score (nSPS) is 15.5. The second kappa shape index (κ2) is 9.98. The van der Waals surface area contributed by atoms with Gasteiger partial charge in [0.05, 0.1) is 0 Å². The topological polar surface area (TPSA) is 87.3 Å². The number of aromatic amines is 1. The highest BCUT2D eigenvalue weighted by Gasteiger charge is 2.28. The molecule has 174 valence electrons. The first-order valence-electron chi connectivity index (χ1n) is 11.1. The second-order valence-electron chi connectivity index (χ2n) is 10.2. The number of nitrogens with zero attached hydrogens (tertiary/aromatic N) is 2. The van der Waals surface area contributed by atoms with Crippen molar-refractivity contribution in [2.45, 2.75) is 69.8 Å². The lowest BCUT2D eigenvalue weighted by molar-refractivity contribution is 0.0891. The molecule has 1 aromatic carbocycles. The highest BCUT2D eigenvalue weighted by atomic mass is 32.2. The molecular formula is C24H34N4O3S. The summed E-state index contributed by atoms with van der Waals surface area (Å²) in [5.41, 5.74) is 0.338. The summed E-state index contributed by atoms with van der Waals surface area (Å²) in [7, 11) is 0. The predicted molar refractivity (Wildman–Crippen MR) is 127 cm³/mol. The molecule has 32 heavy (non-hydrogen) atoms. The molecule has 0 atom stereocenters. The van der Waals surface area contributed by atoms with Crippen LogP contribution in [0.15, 0.2) is 41.8 Å². The van der Waals surface area contributed by atoms with Crippen LogP contribution in [0.2, 0.25) is 0 Å². The number of hydrogen-bond donors (Lipinski definition) is 2. The summed E-state index contributed by atoms with van der Waals surface area (Å²) in [6.07, 6.45) is 5.86. The van der Waals surface area contributed by atoms with Gasteiger partial charge < -0.3 is 19.9 Å². The van der Waals surface area contributed by atoms with E-state index in [1.54, 1.807) is 47.1 Å². The molecule has 2 heterocycles. The van der Waals surface area contributed by atoms with Crippen LogP contribution in [0.25, 0.3) is 0 Å². The minimum Gasteiger partial charge on any atom is -0.410 e. The van der Waals surface area contributed by atoms with Gasteiger partial charge in [-0.3, -0.25) is 4.79 Å². The average molecular weight is 459 g/mol. The molecule has 0 bridgehead atoms. The summed E-state index contributed by atoms with van der Waals surface area (Å²) >= 11 is 1.72. The molecule has 0 spiro atoms. The van der Waals surface area contributed by atoms with Gasteiger partial charge in [-0.2, -0.15) is 0 Å². The maximum Gasteiger partial charge on any atom is 0.415 e. The number of amides is 2. The number of rotatable bonds is 6. The number of H-pyrrole nitrogens is 1. The third kappa shape index (κ3) is 7.29. The van der Waals surface area contributed by atoms with Crippen molar-refractivity contribution in [2.75, 3.05) is 13.1 Å². The van der Waals surface area contributed by atoms with Crippen molar-refractivity contribution in [3.63, 3.8) is 0 Å². The summed E-state index contributed by atoms with van der Waals surface area (Å²) in [4.78, 5) is 34.2. The van der Waals surface area contributed by atoms with Crippen molar-refractivity contribution in [2.24, 2.45) is 5.41 Å². The molecule has 2 N–H and O–H groups in total. The standard InChI is InChI=1S/C24H34N4O3S/c1-23(2,3)16-24(4,5)27-20(29)17-6-8-18(9-7-17)31-22(30)28-14-10-19(11-15-28)32-21-25-12-13-26-21/h6-9,12-13,19H,10-11,14-16H2,1-5H3,(H,25,26)(H,27,29). The Kier molecular flexibility index (Phi) is 7.54. The van der Waals surface area contributed by atoms with E-state index < -0.39 is 0 Å². The van der Waals surface area contributed by atoms with Crippen LogP contribution in [0.5, 0.6) is 5.75 Å². The zero-order valence-electron chi connectivity index (χ0n) is 19.6. The molecule has 0 unspecified atom stereocenters. The van der Waals surface area contributed by atoms with E-state index in [2.05, 4.69) is 36.1 Å². The fraction of sp³-hybridized carbons (Fsp3) is 0.542. The highest BCUT2D eigenvalue weighted by molar-refractivity contribution is 7.99. The molecule has 1 saturated heterocycles. The fourth-order valence-corrected chi connectivity index (χ4v) is 5.24. The molecule has 1 fully saturated rings. The lowest BCUT2D eigenvalue weighted by Crippen LogP contribution is -2.45. The number of carbonyl (C=O) groups excluding carboxylic acids is 2. The van der Waals surface area contributed by atoms with Gasteiger partial charge in [-0.15, -0.1) is 0 Å². The first-order chi connectivity index (χ1) is 15.0. The molecule has 2 amide bonds. The minimum atomic E-state index is -0.352. The van der Waals surface area contributed by atoms with Gasteiger partial charge in [-0.25, -0.2) is 9.78 Å². The first-order valence-corrected chi connectivity index (χ1v) is 11.9. The Morgan fingerprint density at radius 3 is 2.38 bits per heavy atom. The largest absolute Gasteiger partial charge is 0.415 e. The molecule has 7 nitrogen and oxygen atoms in total. The maximum atomic E-state index is 12.6. The number of likely N-dealkylation sites (tertiary alicyclic amines) is 1. The van der Waals surface area contributed by atoms with E-state index in [1.165, 1.54) is 0 Å². The van der Waals surface area contributed by atoms with Crippen LogP contribution in [-0.2, 0) is 0 Å². The molecule has 8 heteroatoms. The van der Waals surface area contributed by atoms with Gasteiger partial charge in [-0.1, -0.05) is 32.5 Å². The van der Waals surface area contributed by atoms with E-state index in [1.807, 2.05) is 20.0 Å². The summed E-state index contributed by atoms with van der Waals surface area (Å²) in [5.74, 6) is 0.306. The molecule has 1 aliphatic heterocycles. The molecule has 0 aliphatic carbocycles. The Hall–Kier alpha value is -2.48. The van der Waals surface area contributed by atoms with Crippen LogP contribution >= 0.6 is 11.8 Å². The van der Waals surface area contributed by atoms with Gasteiger partial charge in [0.1, 0.15) is 5.75 Å². The van der Waals surface area contributed by atoms with E-state index in [9.17, 15) is 9.59 Å². The smallest absolute Gasteiger partial charge is 0.410 e. The van der Waals surface area contributed by atoms with Crippen molar-refractivity contribution in [3.05, 3.63) is 42.2 Å². The molecule has 1 aliphatic rings. The number of carbonyl (C=O) groups is 2. The fourth-order valence-electron chi connectivity index (χ4n) is 4.22. The minimum absolute atomic E-state index is 0.112. The van der Waals surface area contributed by atoms with Crippen LogP contribution in [0.1, 0.15) is 64.2 Å². The lowest BCUT2D eigenvalue weighted by Gasteiger charge is -2.33. The number of thioether (sulfide) groups is 1. The Labute approximate surface area is 194 Å². The third-order valence-corrected chi connectivity index (χ3v) is 6.45. The number of benzene rings is 1. The average Bonchev–Trinajstić information content (AvgIpc) is 3.19. The molecule has 2 aromatic rings. The number of piperidine rings is 1.